The highest BCUT2D eigenvalue weighted by molar-refractivity contribution is 6.30. The Hall–Kier alpha value is -3.68. The van der Waals surface area contributed by atoms with Crippen LogP contribution in [0.3, 0.4) is 0 Å². The summed E-state index contributed by atoms with van der Waals surface area (Å²) in [5, 5.41) is 4.42. The summed E-state index contributed by atoms with van der Waals surface area (Å²) in [5.41, 5.74) is 2.83. The van der Waals surface area contributed by atoms with Gasteiger partial charge in [0.25, 0.3) is 0 Å². The zero-order valence-electron chi connectivity index (χ0n) is 22.5. The summed E-state index contributed by atoms with van der Waals surface area (Å²) in [6, 6.07) is 7.56. The molecule has 1 aromatic carbocycles. The van der Waals surface area contributed by atoms with Crippen molar-refractivity contribution in [2.75, 3.05) is 24.6 Å². The molecule has 1 aliphatic carbocycles. The van der Waals surface area contributed by atoms with Crippen molar-refractivity contribution in [1.82, 2.24) is 29.7 Å². The fraction of sp³-hybridized carbons (Fsp3) is 0.483. The van der Waals surface area contributed by atoms with Gasteiger partial charge in [-0.15, -0.1) is 12.3 Å². The lowest BCUT2D eigenvalue weighted by molar-refractivity contribution is 0.0340. The van der Waals surface area contributed by atoms with E-state index in [9.17, 15) is 4.79 Å². The van der Waals surface area contributed by atoms with Crippen molar-refractivity contribution in [1.29, 1.82) is 0 Å². The van der Waals surface area contributed by atoms with Crippen LogP contribution in [0.1, 0.15) is 45.4 Å². The molecule has 1 saturated heterocycles. The fourth-order valence-electron chi connectivity index (χ4n) is 5.88. The number of nitrogens with one attached hydrogen (secondary N) is 1. The summed E-state index contributed by atoms with van der Waals surface area (Å²) in [6.07, 6.45) is 12.1. The van der Waals surface area contributed by atoms with Crippen LogP contribution in [-0.2, 0) is 11.3 Å². The number of halogens is 1. The van der Waals surface area contributed by atoms with Gasteiger partial charge >= 0.3 is 5.76 Å². The Labute approximate surface area is 237 Å². The Morgan fingerprint density at radius 2 is 2.05 bits per heavy atom. The molecule has 1 atom stereocenters. The Bertz CT molecular complexity index is 1590. The predicted molar refractivity (Wildman–Crippen MR) is 153 cm³/mol. The van der Waals surface area contributed by atoms with Crippen LogP contribution >= 0.6 is 11.6 Å². The van der Waals surface area contributed by atoms with Crippen LogP contribution in [0, 0.1) is 24.2 Å². The number of fused-ring (bicyclic) bond motifs is 1. The van der Waals surface area contributed by atoms with E-state index in [1.54, 1.807) is 0 Å². The molecule has 2 fully saturated rings. The van der Waals surface area contributed by atoms with Crippen molar-refractivity contribution in [2.24, 2.45) is 11.8 Å². The predicted octanol–water partition coefficient (Wildman–Crippen LogP) is 4.93. The molecule has 40 heavy (non-hydrogen) atoms. The molecule has 208 valence electrons. The van der Waals surface area contributed by atoms with E-state index in [-0.39, 0.29) is 17.8 Å². The number of aromatic amines is 1. The van der Waals surface area contributed by atoms with Crippen LogP contribution in [0.25, 0.3) is 34.1 Å². The quantitative estimate of drug-likeness (QED) is 0.316. The zero-order valence-corrected chi connectivity index (χ0v) is 23.2. The molecular weight excluding hydrogens is 530 g/mol. The summed E-state index contributed by atoms with van der Waals surface area (Å²) < 4.78 is 13.1. The number of hydrogen-bond donors (Lipinski definition) is 1. The molecule has 0 bridgehead atoms. The number of aromatic nitrogens is 6. The summed E-state index contributed by atoms with van der Waals surface area (Å²) in [6.45, 7) is 5.07. The van der Waals surface area contributed by atoms with E-state index in [0.717, 1.165) is 75.2 Å². The molecule has 1 saturated carbocycles. The van der Waals surface area contributed by atoms with Gasteiger partial charge in [0.15, 0.2) is 5.65 Å². The zero-order chi connectivity index (χ0) is 27.6. The number of hydrogen-bond acceptors (Lipinski definition) is 8. The second-order valence-electron chi connectivity index (χ2n) is 10.7. The van der Waals surface area contributed by atoms with E-state index in [0.29, 0.717) is 34.8 Å². The normalized spacial score (nSPS) is 21.5. The van der Waals surface area contributed by atoms with Gasteiger partial charge in [-0.2, -0.15) is 4.98 Å². The summed E-state index contributed by atoms with van der Waals surface area (Å²) in [5.74, 6) is 4.29. The number of H-pyrrole nitrogens is 1. The molecule has 11 heteroatoms. The molecule has 4 aromatic rings. The Kier molecular flexibility index (Phi) is 7.59. The lowest BCUT2D eigenvalue weighted by Gasteiger charge is -2.34. The van der Waals surface area contributed by atoms with E-state index in [1.807, 2.05) is 24.3 Å². The molecule has 1 N–H and O–H groups in total. The molecule has 2 aliphatic rings. The Morgan fingerprint density at radius 1 is 1.20 bits per heavy atom. The van der Waals surface area contributed by atoms with E-state index in [4.69, 9.17) is 42.2 Å². The van der Waals surface area contributed by atoms with Crippen LogP contribution in [0.2, 0.25) is 5.02 Å². The maximum atomic E-state index is 11.7. The maximum absolute atomic E-state index is 11.7. The van der Waals surface area contributed by atoms with E-state index < -0.39 is 5.76 Å². The van der Waals surface area contributed by atoms with Crippen LogP contribution in [0.5, 0.6) is 0 Å². The molecule has 0 spiro atoms. The van der Waals surface area contributed by atoms with Crippen LogP contribution in [0.4, 0.5) is 5.95 Å². The van der Waals surface area contributed by atoms with Crippen molar-refractivity contribution < 1.29 is 9.26 Å². The third kappa shape index (κ3) is 5.36. The first-order valence-electron chi connectivity index (χ1n) is 14.0. The van der Waals surface area contributed by atoms with E-state index in [1.165, 1.54) is 0 Å². The smallest absolute Gasteiger partial charge is 0.375 e. The van der Waals surface area contributed by atoms with Gasteiger partial charge < -0.3 is 14.2 Å². The molecule has 0 radical (unpaired) electrons. The van der Waals surface area contributed by atoms with Gasteiger partial charge in [-0.3, -0.25) is 9.51 Å². The number of terminal acetylenes is 1. The molecule has 1 unspecified atom stereocenters. The minimum absolute atomic E-state index is 0.146. The van der Waals surface area contributed by atoms with Crippen LogP contribution in [0.15, 0.2) is 33.6 Å². The second kappa shape index (κ2) is 11.4. The number of benzene rings is 1. The molecule has 6 rings (SSSR count). The molecule has 4 heterocycles. The topological polar surface area (TPSA) is 115 Å². The van der Waals surface area contributed by atoms with E-state index in [2.05, 4.69) is 32.5 Å². The van der Waals surface area contributed by atoms with E-state index >= 15 is 0 Å². The van der Waals surface area contributed by atoms with Gasteiger partial charge in [0, 0.05) is 36.1 Å². The highest BCUT2D eigenvalue weighted by Crippen LogP contribution is 2.36. The fourth-order valence-corrected chi connectivity index (χ4v) is 6.07. The number of morpholine rings is 1. The van der Waals surface area contributed by atoms with Gasteiger partial charge in [0.2, 0.25) is 17.6 Å². The van der Waals surface area contributed by atoms with Crippen LogP contribution in [-0.4, -0.2) is 55.5 Å². The highest BCUT2D eigenvalue weighted by atomic mass is 35.5. The first-order chi connectivity index (χ1) is 19.5. The SMILES string of the molecule is C#CC1CCC(Cn2c(N3CCOC(CCC)C3)nc3nc(-c4noc(=O)[nH]4)nc(-c4cccc(Cl)c4)c32)CC1. The maximum Gasteiger partial charge on any atom is 0.439 e. The molecule has 10 nitrogen and oxygen atoms in total. The largest absolute Gasteiger partial charge is 0.439 e. The Balaban J connectivity index is 1.52. The molecule has 1 aliphatic heterocycles. The van der Waals surface area contributed by atoms with Gasteiger partial charge in [-0.1, -0.05) is 42.2 Å². The number of imidazole rings is 1. The number of anilines is 1. The van der Waals surface area contributed by atoms with Gasteiger partial charge in [-0.05, 0) is 50.2 Å². The lowest BCUT2D eigenvalue weighted by Crippen LogP contribution is -2.43. The van der Waals surface area contributed by atoms with Crippen molar-refractivity contribution in [3.05, 3.63) is 39.8 Å². The van der Waals surface area contributed by atoms with Crippen LogP contribution < -0.4 is 10.7 Å². The molecular formula is C29H32ClN7O3. The molecule has 3 aromatic heterocycles. The lowest BCUT2D eigenvalue weighted by atomic mass is 9.82. The minimum Gasteiger partial charge on any atom is -0.375 e. The minimum atomic E-state index is -0.674. The third-order valence-corrected chi connectivity index (χ3v) is 8.12. The highest BCUT2D eigenvalue weighted by Gasteiger charge is 2.30. The summed E-state index contributed by atoms with van der Waals surface area (Å²) in [4.78, 5) is 31.3. The number of rotatable bonds is 7. The Morgan fingerprint density at radius 3 is 2.77 bits per heavy atom. The van der Waals surface area contributed by atoms with Crippen molar-refractivity contribution >= 4 is 28.7 Å². The van der Waals surface area contributed by atoms with Gasteiger partial charge in [-0.25, -0.2) is 14.8 Å². The third-order valence-electron chi connectivity index (χ3n) is 7.89. The van der Waals surface area contributed by atoms with Crippen molar-refractivity contribution in [3.8, 4) is 35.2 Å². The first-order valence-corrected chi connectivity index (χ1v) is 14.3. The average Bonchev–Trinajstić information content (AvgIpc) is 3.57. The van der Waals surface area contributed by atoms with Gasteiger partial charge in [0.05, 0.1) is 12.7 Å². The number of ether oxygens (including phenoxy) is 1. The first kappa shape index (κ1) is 26.5. The standard InChI is InChI=1S/C29H32ClN7O3/c1-3-6-22-17-36(13-14-39-22)28-33-25-24(37(28)16-19-11-9-18(4-2)10-12-19)23(20-7-5-8-21(30)15-20)31-26(32-25)27-34-29(38)40-35-27/h2,5,7-8,15,18-19,22H,3,6,9-14,16-17H2,1H3,(H,34,35,38). The molecule has 0 amide bonds. The average molecular weight is 562 g/mol. The van der Waals surface area contributed by atoms with Crippen molar-refractivity contribution in [3.63, 3.8) is 0 Å². The second-order valence-corrected chi connectivity index (χ2v) is 11.1. The van der Waals surface area contributed by atoms with Crippen molar-refractivity contribution in [2.45, 2.75) is 58.1 Å². The monoisotopic (exact) mass is 561 g/mol. The van der Waals surface area contributed by atoms with Gasteiger partial charge in [0.1, 0.15) is 11.2 Å². The summed E-state index contributed by atoms with van der Waals surface area (Å²) in [7, 11) is 0. The summed E-state index contributed by atoms with van der Waals surface area (Å²) >= 11 is 6.42. The number of nitrogens with zero attached hydrogens (tertiary/aromatic N) is 6.